The minimum atomic E-state index is 0. The van der Waals surface area contributed by atoms with E-state index in [1.807, 2.05) is 41.3 Å². The van der Waals surface area contributed by atoms with Gasteiger partial charge in [0.25, 0.3) is 0 Å². The van der Waals surface area contributed by atoms with Crippen molar-refractivity contribution in [3.8, 4) is 0 Å². The van der Waals surface area contributed by atoms with E-state index in [9.17, 15) is 4.79 Å². The van der Waals surface area contributed by atoms with E-state index < -0.39 is 0 Å². The Morgan fingerprint density at radius 1 is 1.04 bits per heavy atom. The molecule has 2 aromatic carbocycles. The summed E-state index contributed by atoms with van der Waals surface area (Å²) in [5.74, 6) is 0.306. The lowest BCUT2D eigenvalue weighted by Gasteiger charge is -2.32. The molecule has 1 aliphatic heterocycles. The number of piperidine rings is 1. The zero-order valence-corrected chi connectivity index (χ0v) is 14.6. The summed E-state index contributed by atoms with van der Waals surface area (Å²) >= 11 is 0. The van der Waals surface area contributed by atoms with Crippen LogP contribution in [0.4, 0.5) is 0 Å². The number of benzene rings is 2. The second kappa shape index (κ2) is 8.86. The van der Waals surface area contributed by atoms with Gasteiger partial charge in [0.05, 0.1) is 0 Å². The predicted molar refractivity (Wildman–Crippen MR) is 100 cm³/mol. The van der Waals surface area contributed by atoms with Gasteiger partial charge in [0.2, 0.25) is 5.91 Å². The SMILES string of the molecule is Cl.NC1CCCN(C(=O)CC(c2ccccc2)c2ccccc2)C1. The number of amides is 1. The molecule has 1 atom stereocenters. The summed E-state index contributed by atoms with van der Waals surface area (Å²) in [5.41, 5.74) is 8.40. The first kappa shape index (κ1) is 18.5. The van der Waals surface area contributed by atoms with Crippen LogP contribution in [0, 0.1) is 0 Å². The molecule has 1 unspecified atom stereocenters. The van der Waals surface area contributed by atoms with Crippen molar-refractivity contribution in [1.82, 2.24) is 4.90 Å². The minimum absolute atomic E-state index is 0. The molecule has 0 saturated carbocycles. The number of carbonyl (C=O) groups is 1. The smallest absolute Gasteiger partial charge is 0.223 e. The third-order valence-corrected chi connectivity index (χ3v) is 4.59. The highest BCUT2D eigenvalue weighted by atomic mass is 35.5. The highest BCUT2D eigenvalue weighted by Gasteiger charge is 2.25. The number of hydrogen-bond donors (Lipinski definition) is 1. The Kier molecular flexibility index (Phi) is 6.83. The van der Waals surface area contributed by atoms with Crippen LogP contribution in [0.3, 0.4) is 0 Å². The Morgan fingerprint density at radius 2 is 1.58 bits per heavy atom. The van der Waals surface area contributed by atoms with E-state index in [4.69, 9.17) is 5.73 Å². The highest BCUT2D eigenvalue weighted by Crippen LogP contribution is 2.29. The zero-order chi connectivity index (χ0) is 16.1. The molecule has 128 valence electrons. The van der Waals surface area contributed by atoms with Crippen LogP contribution in [0.25, 0.3) is 0 Å². The largest absolute Gasteiger partial charge is 0.341 e. The second-order valence-electron chi connectivity index (χ2n) is 6.32. The van der Waals surface area contributed by atoms with Crippen molar-refractivity contribution < 1.29 is 4.79 Å². The van der Waals surface area contributed by atoms with E-state index in [0.29, 0.717) is 13.0 Å². The van der Waals surface area contributed by atoms with Crippen LogP contribution < -0.4 is 5.73 Å². The Labute approximate surface area is 150 Å². The van der Waals surface area contributed by atoms with E-state index in [-0.39, 0.29) is 30.3 Å². The fourth-order valence-corrected chi connectivity index (χ4v) is 3.34. The summed E-state index contributed by atoms with van der Waals surface area (Å²) in [7, 11) is 0. The second-order valence-corrected chi connectivity index (χ2v) is 6.32. The first-order chi connectivity index (χ1) is 11.2. The zero-order valence-electron chi connectivity index (χ0n) is 13.8. The van der Waals surface area contributed by atoms with Crippen LogP contribution in [0.5, 0.6) is 0 Å². The molecule has 3 rings (SSSR count). The summed E-state index contributed by atoms with van der Waals surface area (Å²) in [6.07, 6.45) is 2.53. The van der Waals surface area contributed by atoms with E-state index in [1.54, 1.807) is 0 Å². The molecular weight excluding hydrogens is 320 g/mol. The molecule has 4 heteroatoms. The molecule has 1 heterocycles. The van der Waals surface area contributed by atoms with Gasteiger partial charge in [0, 0.05) is 31.5 Å². The van der Waals surface area contributed by atoms with Crippen molar-refractivity contribution in [3.63, 3.8) is 0 Å². The fraction of sp³-hybridized carbons (Fsp3) is 0.350. The normalized spacial score (nSPS) is 17.4. The summed E-state index contributed by atoms with van der Waals surface area (Å²) in [6, 6.07) is 20.7. The molecule has 2 N–H and O–H groups in total. The van der Waals surface area contributed by atoms with Gasteiger partial charge in [-0.05, 0) is 24.0 Å². The van der Waals surface area contributed by atoms with Crippen LogP contribution in [0.15, 0.2) is 60.7 Å². The van der Waals surface area contributed by atoms with Crippen molar-refractivity contribution >= 4 is 18.3 Å². The monoisotopic (exact) mass is 344 g/mol. The topological polar surface area (TPSA) is 46.3 Å². The van der Waals surface area contributed by atoms with Gasteiger partial charge in [-0.25, -0.2) is 0 Å². The quantitative estimate of drug-likeness (QED) is 0.921. The maximum absolute atomic E-state index is 12.8. The van der Waals surface area contributed by atoms with Crippen LogP contribution in [0.2, 0.25) is 0 Å². The predicted octanol–water partition coefficient (Wildman–Crippen LogP) is 3.58. The standard InChI is InChI=1S/C20H24N2O.ClH/c21-18-12-7-13-22(15-18)20(23)14-19(16-8-3-1-4-9-16)17-10-5-2-6-11-17;/h1-6,8-11,18-19H,7,12-15,21H2;1H. The van der Waals surface area contributed by atoms with Crippen LogP contribution in [-0.2, 0) is 4.79 Å². The molecule has 1 amide bonds. The summed E-state index contributed by atoms with van der Waals surface area (Å²) in [6.45, 7) is 1.53. The molecule has 1 fully saturated rings. The highest BCUT2D eigenvalue weighted by molar-refractivity contribution is 5.85. The molecule has 0 aliphatic carbocycles. The van der Waals surface area contributed by atoms with Gasteiger partial charge in [-0.2, -0.15) is 0 Å². The maximum atomic E-state index is 12.8. The number of likely N-dealkylation sites (tertiary alicyclic amines) is 1. The van der Waals surface area contributed by atoms with Crippen LogP contribution >= 0.6 is 12.4 Å². The number of nitrogens with two attached hydrogens (primary N) is 1. The van der Waals surface area contributed by atoms with Crippen LogP contribution in [-0.4, -0.2) is 29.9 Å². The minimum Gasteiger partial charge on any atom is -0.341 e. The van der Waals surface area contributed by atoms with Gasteiger partial charge in [0.15, 0.2) is 0 Å². The fourth-order valence-electron chi connectivity index (χ4n) is 3.34. The summed E-state index contributed by atoms with van der Waals surface area (Å²) in [4.78, 5) is 14.7. The van der Waals surface area contributed by atoms with Crippen molar-refractivity contribution in [2.45, 2.75) is 31.2 Å². The molecule has 2 aromatic rings. The van der Waals surface area contributed by atoms with Crippen molar-refractivity contribution in [2.75, 3.05) is 13.1 Å². The van der Waals surface area contributed by atoms with Gasteiger partial charge >= 0.3 is 0 Å². The van der Waals surface area contributed by atoms with Crippen molar-refractivity contribution in [3.05, 3.63) is 71.8 Å². The average molecular weight is 345 g/mol. The summed E-state index contributed by atoms with van der Waals surface area (Å²) in [5, 5.41) is 0. The van der Waals surface area contributed by atoms with Crippen molar-refractivity contribution in [2.24, 2.45) is 5.73 Å². The molecule has 24 heavy (non-hydrogen) atoms. The van der Waals surface area contributed by atoms with Gasteiger partial charge in [-0.3, -0.25) is 4.79 Å². The Bertz CT molecular complexity index is 593. The third kappa shape index (κ3) is 4.59. The number of nitrogens with zero attached hydrogens (tertiary/aromatic N) is 1. The van der Waals surface area contributed by atoms with Crippen molar-refractivity contribution in [1.29, 1.82) is 0 Å². The Hall–Kier alpha value is -1.84. The van der Waals surface area contributed by atoms with E-state index in [2.05, 4.69) is 24.3 Å². The number of halogens is 1. The van der Waals surface area contributed by atoms with Gasteiger partial charge in [-0.15, -0.1) is 12.4 Å². The Balaban J connectivity index is 0.00000208. The lowest BCUT2D eigenvalue weighted by Crippen LogP contribution is -2.46. The van der Waals surface area contributed by atoms with E-state index >= 15 is 0 Å². The molecule has 1 aliphatic rings. The molecule has 0 aromatic heterocycles. The average Bonchev–Trinajstić information content (AvgIpc) is 2.61. The number of hydrogen-bond acceptors (Lipinski definition) is 2. The first-order valence-electron chi connectivity index (χ1n) is 8.37. The van der Waals surface area contributed by atoms with E-state index in [0.717, 1.165) is 19.4 Å². The lowest BCUT2D eigenvalue weighted by molar-refractivity contribution is -0.132. The molecule has 3 nitrogen and oxygen atoms in total. The van der Waals surface area contributed by atoms with Gasteiger partial charge < -0.3 is 10.6 Å². The maximum Gasteiger partial charge on any atom is 0.223 e. The van der Waals surface area contributed by atoms with Crippen LogP contribution in [0.1, 0.15) is 36.3 Å². The Morgan fingerprint density at radius 3 is 2.08 bits per heavy atom. The lowest BCUT2D eigenvalue weighted by atomic mass is 9.88. The van der Waals surface area contributed by atoms with Gasteiger partial charge in [-0.1, -0.05) is 60.7 Å². The molecule has 0 radical (unpaired) electrons. The number of rotatable bonds is 4. The first-order valence-corrected chi connectivity index (χ1v) is 8.37. The molecule has 0 spiro atoms. The molecule has 0 bridgehead atoms. The van der Waals surface area contributed by atoms with Gasteiger partial charge in [0.1, 0.15) is 0 Å². The summed E-state index contributed by atoms with van der Waals surface area (Å²) < 4.78 is 0. The third-order valence-electron chi connectivity index (χ3n) is 4.59. The molecule has 1 saturated heterocycles. The molecular formula is C20H25ClN2O. The van der Waals surface area contributed by atoms with E-state index in [1.165, 1.54) is 11.1 Å². The number of carbonyl (C=O) groups excluding carboxylic acids is 1.